The number of rotatable bonds is 11. The molecule has 39 heteroatoms. The van der Waals surface area contributed by atoms with E-state index in [1.54, 1.807) is 118 Å². The molecule has 6 atom stereocenters. The summed E-state index contributed by atoms with van der Waals surface area (Å²) < 4.78 is 73.9. The summed E-state index contributed by atoms with van der Waals surface area (Å²) in [5, 5.41) is 9.93. The number of anilines is 1. The summed E-state index contributed by atoms with van der Waals surface area (Å²) in [6, 6.07) is 8.43. The molecule has 0 bridgehead atoms. The van der Waals surface area contributed by atoms with E-state index in [-0.39, 0.29) is 76.1 Å². The Bertz CT molecular complexity index is 3970. The fourth-order valence-corrected chi connectivity index (χ4v) is 13.5. The standard InChI is InChI=1S/C25H32BrFN6O4.C19H24N2O6.C12H21NO5.C11H22N2O4.C11H21NO4.H4N2/c1-13-20-19(31-22(28)29-13)10-18(16-8-7-14(27)9-17(16)26)30-21(20)32-36-12-15-11-35-25(5,6)33(15)23(34)37-24(2,3)4;1-18(2,3)27-17(24)20-12(10-25-19(20,4)5)11-26-21-15(22)13-8-6-7-9-14(13)16(21)23;1-11(2,3)18-10(15)13-8(9(14)16-6)7-17-12(13,4)5;1-10(2,3)17-9(14)13-8(7-16-12)6-15-11(13,4)5;1-10(2,3)16-9(14)12-8(6-13)7-15-11(12,4)5;1-2/h7-9,15,18H,10-12H2,1-6H3,(H,30,32)(H2,28,29,31);6-9,12H,10-11H2,1-5H3;8H,7H2,1-6H3;8H,6-7,12H2,1-5H3;8,13H,6-7H2,1-5H3;1-2H2/t15-,18-;12-;3*8-;/m11110./s1. The molecular weight excluding hydrogens is 1600 g/mol. The van der Waals surface area contributed by atoms with Gasteiger partial charge in [-0.2, -0.15) is 0 Å². The molecule has 10 N–H and O–H groups in total. The number of ether oxygens (including phenoxy) is 11. The predicted octanol–water partition coefficient (Wildman–Crippen LogP) is 9.74. The molecule has 0 unspecified atom stereocenters. The number of aliphatic hydroxyl groups is 1. The van der Waals surface area contributed by atoms with Crippen molar-refractivity contribution in [1.29, 1.82) is 0 Å². The van der Waals surface area contributed by atoms with E-state index >= 15 is 0 Å². The molecule has 0 aliphatic carbocycles. The molecule has 658 valence electrons. The minimum atomic E-state index is -0.891. The van der Waals surface area contributed by atoms with Gasteiger partial charge < -0.3 is 67.8 Å². The summed E-state index contributed by atoms with van der Waals surface area (Å²) in [5.74, 6) is 11.7. The van der Waals surface area contributed by atoms with Gasteiger partial charge >= 0.3 is 36.4 Å². The van der Waals surface area contributed by atoms with Crippen LogP contribution >= 0.6 is 15.9 Å². The Morgan fingerprint density at radius 2 is 0.932 bits per heavy atom. The Morgan fingerprint density at radius 3 is 1.32 bits per heavy atom. The highest BCUT2D eigenvalue weighted by molar-refractivity contribution is 9.10. The van der Waals surface area contributed by atoms with Crippen LogP contribution in [0.2, 0.25) is 0 Å². The number of imide groups is 1. The number of benzene rings is 2. The van der Waals surface area contributed by atoms with Gasteiger partial charge in [0.1, 0.15) is 62.4 Å². The highest BCUT2D eigenvalue weighted by Gasteiger charge is 2.52. The van der Waals surface area contributed by atoms with Crippen molar-refractivity contribution in [3.05, 3.63) is 86.4 Å². The van der Waals surface area contributed by atoms with Gasteiger partial charge in [-0.15, -0.1) is 5.06 Å². The van der Waals surface area contributed by atoms with E-state index in [2.05, 4.69) is 52.6 Å². The lowest BCUT2D eigenvalue weighted by atomic mass is 9.95. The number of hydrogen-bond acceptors (Lipinski definition) is 31. The number of hydroxylamine groups is 3. The molecule has 7 aliphatic heterocycles. The van der Waals surface area contributed by atoms with Crippen molar-refractivity contribution in [3.63, 3.8) is 0 Å². The molecule has 8 heterocycles. The molecule has 0 saturated carbocycles. The van der Waals surface area contributed by atoms with E-state index in [0.29, 0.717) is 58.0 Å². The molecule has 0 spiro atoms. The molecule has 10 rings (SSSR count). The lowest BCUT2D eigenvalue weighted by Crippen LogP contribution is -2.52. The number of nitrogen functional groups attached to an aromatic ring is 1. The number of aliphatic hydroxyl groups excluding tert-OH is 1. The maximum atomic E-state index is 13.7. The van der Waals surface area contributed by atoms with E-state index in [1.165, 1.54) is 38.8 Å². The second kappa shape index (κ2) is 39.3. The van der Waals surface area contributed by atoms with Crippen LogP contribution in [0.3, 0.4) is 0 Å². The normalized spacial score (nSPS) is 22.0. The van der Waals surface area contributed by atoms with Crippen LogP contribution in [0, 0.1) is 12.7 Å². The van der Waals surface area contributed by atoms with Crippen molar-refractivity contribution in [2.24, 2.45) is 22.6 Å². The molecule has 37 nitrogen and oxygen atoms in total. The molecule has 5 saturated heterocycles. The highest BCUT2D eigenvalue weighted by atomic mass is 79.9. The Kier molecular flexibility index (Phi) is 33.3. The van der Waals surface area contributed by atoms with E-state index < -0.39 is 123 Å². The van der Waals surface area contributed by atoms with Gasteiger partial charge in [0.05, 0.1) is 125 Å². The molecule has 1 aromatic heterocycles. The van der Waals surface area contributed by atoms with Crippen LogP contribution in [0.5, 0.6) is 0 Å². The number of fused-ring (bicyclic) bond motifs is 2. The average molecular weight is 1720 g/mol. The molecule has 0 radical (unpaired) electrons. The smallest absolute Gasteiger partial charge is 0.413 e. The second-order valence-electron chi connectivity index (χ2n) is 35.2. The maximum Gasteiger partial charge on any atom is 0.413 e. The molecule has 5 fully saturated rings. The molecular formula is C78H124BrFN14O23. The third-order valence-electron chi connectivity index (χ3n) is 17.7. The van der Waals surface area contributed by atoms with Gasteiger partial charge in [-0.05, 0) is 210 Å². The number of methoxy groups -OCH3 is 1. The van der Waals surface area contributed by atoms with Crippen molar-refractivity contribution < 1.29 is 114 Å². The van der Waals surface area contributed by atoms with Gasteiger partial charge in [-0.1, -0.05) is 34.1 Å². The lowest BCUT2D eigenvalue weighted by molar-refractivity contribution is -0.146. The number of amides is 7. The molecule has 7 aliphatic rings. The largest absolute Gasteiger partial charge is 0.467 e. The summed E-state index contributed by atoms with van der Waals surface area (Å²) in [4.78, 5) is 135. The third kappa shape index (κ3) is 27.1. The summed E-state index contributed by atoms with van der Waals surface area (Å²) in [6.07, 6.45) is -2.02. The first-order valence-electron chi connectivity index (χ1n) is 38.0. The number of carbonyl (C=O) groups is 8. The van der Waals surface area contributed by atoms with Gasteiger partial charge in [0, 0.05) is 10.9 Å². The Balaban J connectivity index is 0.000000270. The first-order valence-corrected chi connectivity index (χ1v) is 38.8. The Morgan fingerprint density at radius 1 is 0.564 bits per heavy atom. The van der Waals surface area contributed by atoms with Crippen LogP contribution in [-0.4, -0.2) is 252 Å². The number of carbonyl (C=O) groups excluding carboxylic acids is 8. The Labute approximate surface area is 693 Å². The van der Waals surface area contributed by atoms with Gasteiger partial charge in [-0.25, -0.2) is 54.5 Å². The van der Waals surface area contributed by atoms with Crippen LogP contribution in [0.15, 0.2) is 51.9 Å². The molecule has 3 aromatic rings. The number of nitrogens with two attached hydrogens (primary N) is 4. The summed E-state index contributed by atoms with van der Waals surface area (Å²) in [5.41, 5.74) is 5.21. The first-order chi connectivity index (χ1) is 53.7. The quantitative estimate of drug-likeness (QED) is 0.0342. The summed E-state index contributed by atoms with van der Waals surface area (Å²) in [6.45, 7) is 48.0. The number of hydrazine groups is 1. The number of nitrogens with zero attached hydrogens (tertiary/aromatic N) is 9. The number of esters is 1. The van der Waals surface area contributed by atoms with Crippen LogP contribution in [0.4, 0.5) is 34.3 Å². The van der Waals surface area contributed by atoms with Crippen molar-refractivity contribution in [2.75, 3.05) is 72.3 Å². The number of halogens is 2. The number of nitrogens with one attached hydrogen (secondary N) is 1. The number of aromatic nitrogens is 2. The monoisotopic (exact) mass is 1720 g/mol. The highest BCUT2D eigenvalue weighted by Crippen LogP contribution is 2.38. The van der Waals surface area contributed by atoms with Crippen LogP contribution in [0.1, 0.15) is 222 Å². The van der Waals surface area contributed by atoms with E-state index in [4.69, 9.17) is 73.7 Å². The van der Waals surface area contributed by atoms with Crippen LogP contribution in [-0.2, 0) is 77.8 Å². The van der Waals surface area contributed by atoms with Gasteiger partial charge in [0.15, 0.2) is 11.9 Å². The van der Waals surface area contributed by atoms with Crippen molar-refractivity contribution in [2.45, 2.75) is 279 Å². The zero-order chi connectivity index (χ0) is 89.1. The van der Waals surface area contributed by atoms with Gasteiger partial charge in [0.2, 0.25) is 5.95 Å². The topological polar surface area (TPSA) is 460 Å². The first kappa shape index (κ1) is 99.2. The van der Waals surface area contributed by atoms with Crippen LogP contribution in [0.25, 0.3) is 0 Å². The zero-order valence-corrected chi connectivity index (χ0v) is 74.2. The fourth-order valence-electron chi connectivity index (χ4n) is 12.9. The summed E-state index contributed by atoms with van der Waals surface area (Å²) in [7, 11) is 1.28. The number of aliphatic imine (C=N–C) groups is 1. The lowest BCUT2D eigenvalue weighted by Gasteiger charge is -2.35. The minimum absolute atomic E-state index is 0.0753. The van der Waals surface area contributed by atoms with Gasteiger partial charge in [0.25, 0.3) is 11.8 Å². The van der Waals surface area contributed by atoms with E-state index in [9.17, 15) is 47.9 Å². The molecule has 2 aromatic carbocycles. The van der Waals surface area contributed by atoms with E-state index in [1.807, 2.05) is 96.9 Å². The van der Waals surface area contributed by atoms with Gasteiger partial charge in [-0.3, -0.25) is 60.4 Å². The number of hydrogen-bond donors (Lipinski definition) is 6. The fraction of sp³-hybridized carbons (Fsp3) is 0.679. The van der Waals surface area contributed by atoms with Crippen LogP contribution < -0.4 is 28.8 Å². The van der Waals surface area contributed by atoms with Crippen molar-refractivity contribution >= 4 is 76.0 Å². The predicted molar refractivity (Wildman–Crippen MR) is 427 cm³/mol. The second-order valence-corrected chi connectivity index (χ2v) is 36.1. The van der Waals surface area contributed by atoms with Crippen molar-refractivity contribution in [3.8, 4) is 0 Å². The molecule has 7 amide bonds. The van der Waals surface area contributed by atoms with Crippen molar-refractivity contribution in [1.82, 2.24) is 45.0 Å². The third-order valence-corrected chi connectivity index (χ3v) is 18.4. The number of aryl methyl sites for hydroxylation is 1. The Hall–Kier alpha value is -8.32. The minimum Gasteiger partial charge on any atom is -0.467 e. The average Bonchev–Trinajstić information content (AvgIpc) is 1.73. The molecule has 117 heavy (non-hydrogen) atoms. The van der Waals surface area contributed by atoms with E-state index in [0.717, 1.165) is 10.6 Å². The maximum absolute atomic E-state index is 13.7. The summed E-state index contributed by atoms with van der Waals surface area (Å²) >= 11 is 3.44. The SMILES string of the molecule is CC(C)(C)OC(=O)N1[C@@H](CO)COC1(C)C.CC(C)(C)OC(=O)N1[C@@H](CON)COC1(C)C.CC(C)(C)OC(=O)N1[C@@H](CON2C(=O)c3ccccc3C2=O)COC1(C)C.COC(=O)[C@H]1COC(C)(C)N1C(=O)OC(C)(C)C.Cc1nc(N)nc2c1C(NOC[C@H]1COC(C)(C)N1C(=O)OC(C)(C)C)=N[C@@H](c1ccc(F)cc1Br)C2.NN. The zero-order valence-electron chi connectivity index (χ0n) is 72.6. The number of amidine groups is 1.